The quantitative estimate of drug-likeness (QED) is 0.859. The van der Waals surface area contributed by atoms with Gasteiger partial charge in [-0.1, -0.05) is 0 Å². The molecule has 0 spiro atoms. The maximum Gasteiger partial charge on any atom is 0.261 e. The van der Waals surface area contributed by atoms with Crippen LogP contribution in [-0.4, -0.2) is 23.7 Å². The van der Waals surface area contributed by atoms with Crippen LogP contribution in [0, 0.1) is 5.92 Å². The molecule has 0 saturated heterocycles. The van der Waals surface area contributed by atoms with Gasteiger partial charge in [0, 0.05) is 11.4 Å². The van der Waals surface area contributed by atoms with Crippen molar-refractivity contribution in [2.24, 2.45) is 5.92 Å². The predicted octanol–water partition coefficient (Wildman–Crippen LogP) is 1.74. The van der Waals surface area contributed by atoms with Crippen LogP contribution in [0.3, 0.4) is 0 Å². The molecule has 1 aromatic rings. The summed E-state index contributed by atoms with van der Waals surface area (Å²) in [6.45, 7) is 0.707. The van der Waals surface area contributed by atoms with Gasteiger partial charge in [0.1, 0.15) is 0 Å². The largest absolute Gasteiger partial charge is 0.393 e. The zero-order valence-electron chi connectivity index (χ0n) is 9.74. The van der Waals surface area contributed by atoms with E-state index in [0.717, 1.165) is 30.6 Å². The summed E-state index contributed by atoms with van der Waals surface area (Å²) in [5.74, 6) is 0.534. The fourth-order valence-electron chi connectivity index (χ4n) is 2.63. The molecule has 0 atom stereocenters. The maximum absolute atomic E-state index is 11.9. The van der Waals surface area contributed by atoms with Gasteiger partial charge in [0.2, 0.25) is 0 Å². The van der Waals surface area contributed by atoms with Gasteiger partial charge in [-0.05, 0) is 49.7 Å². The Hall–Kier alpha value is -0.870. The maximum atomic E-state index is 11.9. The smallest absolute Gasteiger partial charge is 0.261 e. The highest BCUT2D eigenvalue weighted by Gasteiger charge is 2.27. The molecule has 0 bridgehead atoms. The molecule has 0 radical (unpaired) electrons. The van der Waals surface area contributed by atoms with Gasteiger partial charge in [0.05, 0.1) is 11.0 Å². The number of fused-ring (bicyclic) bond motifs is 1. The average molecular weight is 251 g/mol. The van der Waals surface area contributed by atoms with E-state index in [0.29, 0.717) is 12.5 Å². The van der Waals surface area contributed by atoms with Gasteiger partial charge in [-0.25, -0.2) is 0 Å². The van der Waals surface area contributed by atoms with Crippen molar-refractivity contribution in [1.29, 1.82) is 0 Å². The molecular formula is C13H17NO2S. The highest BCUT2D eigenvalue weighted by Crippen LogP contribution is 2.31. The van der Waals surface area contributed by atoms with E-state index in [1.165, 1.54) is 16.9 Å². The van der Waals surface area contributed by atoms with Crippen molar-refractivity contribution in [2.45, 2.75) is 38.2 Å². The number of carbonyl (C=O) groups is 1. The molecule has 17 heavy (non-hydrogen) atoms. The van der Waals surface area contributed by atoms with Crippen molar-refractivity contribution in [3.05, 3.63) is 21.4 Å². The molecule has 0 aliphatic heterocycles. The standard InChI is InChI=1S/C13H17NO2S/c15-10-4-8(5-10)7-14-13(16)12-6-9-2-1-3-11(9)17-12/h6,8,10,15H,1-5,7H2,(H,14,16). The number of nitrogens with one attached hydrogen (secondary N) is 1. The van der Waals surface area contributed by atoms with Gasteiger partial charge in [0.25, 0.3) is 5.91 Å². The number of thiophene rings is 1. The van der Waals surface area contributed by atoms with E-state index < -0.39 is 0 Å². The highest BCUT2D eigenvalue weighted by molar-refractivity contribution is 7.14. The molecule has 1 fully saturated rings. The van der Waals surface area contributed by atoms with Crippen LogP contribution in [0.5, 0.6) is 0 Å². The minimum atomic E-state index is -0.137. The van der Waals surface area contributed by atoms with Crippen LogP contribution in [0.1, 0.15) is 39.4 Å². The van der Waals surface area contributed by atoms with Crippen LogP contribution in [0.25, 0.3) is 0 Å². The highest BCUT2D eigenvalue weighted by atomic mass is 32.1. The zero-order chi connectivity index (χ0) is 11.8. The molecule has 4 heteroatoms. The third-order valence-corrected chi connectivity index (χ3v) is 4.97. The Morgan fingerprint density at radius 3 is 3.00 bits per heavy atom. The first-order chi connectivity index (χ1) is 8.22. The molecule has 1 saturated carbocycles. The van der Waals surface area contributed by atoms with Crippen molar-refractivity contribution >= 4 is 17.2 Å². The second-order valence-electron chi connectivity index (χ2n) is 5.11. The molecule has 2 N–H and O–H groups in total. The zero-order valence-corrected chi connectivity index (χ0v) is 10.6. The molecule has 92 valence electrons. The monoisotopic (exact) mass is 251 g/mol. The van der Waals surface area contributed by atoms with E-state index in [-0.39, 0.29) is 12.0 Å². The number of aliphatic hydroxyl groups excluding tert-OH is 1. The molecule has 1 aromatic heterocycles. The SMILES string of the molecule is O=C(NCC1CC(O)C1)c1cc2c(s1)CCC2. The summed E-state index contributed by atoms with van der Waals surface area (Å²) in [4.78, 5) is 14.2. The summed E-state index contributed by atoms with van der Waals surface area (Å²) >= 11 is 1.65. The lowest BCUT2D eigenvalue weighted by atomic mass is 9.82. The molecule has 3 nitrogen and oxygen atoms in total. The van der Waals surface area contributed by atoms with Crippen molar-refractivity contribution in [3.63, 3.8) is 0 Å². The molecule has 1 amide bonds. The normalized spacial score (nSPS) is 26.4. The topological polar surface area (TPSA) is 49.3 Å². The number of aliphatic hydroxyl groups is 1. The van der Waals surface area contributed by atoms with Gasteiger partial charge in [0.15, 0.2) is 0 Å². The number of aryl methyl sites for hydroxylation is 2. The number of hydrogen-bond donors (Lipinski definition) is 2. The summed E-state index contributed by atoms with van der Waals surface area (Å²) in [5.41, 5.74) is 1.37. The molecule has 3 rings (SSSR count). The second kappa shape index (κ2) is 4.42. The van der Waals surface area contributed by atoms with Crippen LogP contribution in [0.15, 0.2) is 6.07 Å². The van der Waals surface area contributed by atoms with Crippen LogP contribution >= 0.6 is 11.3 Å². The minimum absolute atomic E-state index is 0.0609. The first-order valence-electron chi connectivity index (χ1n) is 6.30. The van der Waals surface area contributed by atoms with E-state index in [2.05, 4.69) is 11.4 Å². The number of hydrogen-bond acceptors (Lipinski definition) is 3. The summed E-state index contributed by atoms with van der Waals surface area (Å²) in [6, 6.07) is 2.05. The first-order valence-corrected chi connectivity index (χ1v) is 7.12. The number of amides is 1. The first kappa shape index (κ1) is 11.2. The molecule has 0 unspecified atom stereocenters. The van der Waals surface area contributed by atoms with Crippen LogP contribution < -0.4 is 5.32 Å². The van der Waals surface area contributed by atoms with Crippen LogP contribution in [-0.2, 0) is 12.8 Å². The van der Waals surface area contributed by atoms with Gasteiger partial charge in [-0.2, -0.15) is 0 Å². The third-order valence-electron chi connectivity index (χ3n) is 3.73. The second-order valence-corrected chi connectivity index (χ2v) is 6.25. The van der Waals surface area contributed by atoms with Gasteiger partial charge in [-0.3, -0.25) is 4.79 Å². The van der Waals surface area contributed by atoms with Crippen molar-refractivity contribution in [1.82, 2.24) is 5.32 Å². The van der Waals surface area contributed by atoms with Crippen molar-refractivity contribution < 1.29 is 9.90 Å². The number of carbonyl (C=O) groups excluding carboxylic acids is 1. The summed E-state index contributed by atoms with van der Waals surface area (Å²) in [5, 5.41) is 12.1. The minimum Gasteiger partial charge on any atom is -0.393 e. The molecule has 1 heterocycles. The lowest BCUT2D eigenvalue weighted by Crippen LogP contribution is -2.38. The van der Waals surface area contributed by atoms with Crippen LogP contribution in [0.2, 0.25) is 0 Å². The third kappa shape index (κ3) is 2.24. The fraction of sp³-hybridized carbons (Fsp3) is 0.615. The molecule has 2 aliphatic rings. The Kier molecular flexibility index (Phi) is 2.92. The van der Waals surface area contributed by atoms with E-state index in [4.69, 9.17) is 5.11 Å². The van der Waals surface area contributed by atoms with E-state index in [1.807, 2.05) is 0 Å². The summed E-state index contributed by atoms with van der Waals surface area (Å²) in [6.07, 6.45) is 5.05. The van der Waals surface area contributed by atoms with Crippen molar-refractivity contribution in [3.8, 4) is 0 Å². The lowest BCUT2D eigenvalue weighted by molar-refractivity contribution is 0.0420. The van der Waals surface area contributed by atoms with Gasteiger partial charge < -0.3 is 10.4 Å². The predicted molar refractivity (Wildman–Crippen MR) is 67.4 cm³/mol. The van der Waals surface area contributed by atoms with Gasteiger partial charge in [-0.15, -0.1) is 11.3 Å². The number of rotatable bonds is 3. The molecule has 0 aromatic carbocycles. The Labute approximate surface area is 105 Å². The Balaban J connectivity index is 1.54. The summed E-state index contributed by atoms with van der Waals surface area (Å²) < 4.78 is 0. The average Bonchev–Trinajstić information content (AvgIpc) is 2.81. The van der Waals surface area contributed by atoms with E-state index >= 15 is 0 Å². The van der Waals surface area contributed by atoms with E-state index in [9.17, 15) is 4.79 Å². The lowest BCUT2D eigenvalue weighted by Gasteiger charge is -2.31. The fourth-order valence-corrected chi connectivity index (χ4v) is 3.80. The van der Waals surface area contributed by atoms with Crippen molar-refractivity contribution in [2.75, 3.05) is 6.54 Å². The van der Waals surface area contributed by atoms with Crippen LogP contribution in [0.4, 0.5) is 0 Å². The van der Waals surface area contributed by atoms with Gasteiger partial charge >= 0.3 is 0 Å². The molecule has 2 aliphatic carbocycles. The Morgan fingerprint density at radius 2 is 2.29 bits per heavy atom. The Bertz CT molecular complexity index is 413. The van der Waals surface area contributed by atoms with E-state index in [1.54, 1.807) is 11.3 Å². The Morgan fingerprint density at radius 1 is 1.47 bits per heavy atom. The molecular weight excluding hydrogens is 234 g/mol. The summed E-state index contributed by atoms with van der Waals surface area (Å²) in [7, 11) is 0.